The third-order valence-corrected chi connectivity index (χ3v) is 12.8. The van der Waals surface area contributed by atoms with Crippen LogP contribution in [0.15, 0.2) is 136 Å². The molecule has 14 nitrogen and oxygen atoms in total. The maximum atomic E-state index is 11.9. The number of aromatic nitrogens is 4. The normalized spacial score (nSPS) is 12.8. The van der Waals surface area contributed by atoms with Crippen LogP contribution in [0.25, 0.3) is 90.9 Å². The van der Waals surface area contributed by atoms with E-state index < -0.39 is 45.0 Å². The highest BCUT2D eigenvalue weighted by atomic mass is 32.2. The molecule has 4 aromatic carbocycles. The van der Waals surface area contributed by atoms with Gasteiger partial charge in [0, 0.05) is 44.3 Å². The van der Waals surface area contributed by atoms with E-state index in [1.807, 2.05) is 12.1 Å². The Balaban J connectivity index is 1.44. The Morgan fingerprint density at radius 1 is 0.361 bits per heavy atom. The molecule has 3 N–H and O–H groups in total. The lowest BCUT2D eigenvalue weighted by molar-refractivity contribution is 0.461. The predicted octanol–water partition coefficient (Wildman–Crippen LogP) is 7.74. The van der Waals surface area contributed by atoms with Crippen molar-refractivity contribution in [3.05, 3.63) is 144 Å². The highest BCUT2D eigenvalue weighted by Gasteiger charge is 2.20. The summed E-state index contributed by atoms with van der Waals surface area (Å²) in [6.07, 6.45) is 7.08. The number of hydrogen-bond donors (Lipinski definition) is 3. The molecule has 0 radical (unpaired) electrons. The van der Waals surface area contributed by atoms with Gasteiger partial charge < -0.3 is 28.7 Å². The first kappa shape index (κ1) is 39.5. The highest BCUT2D eigenvalue weighted by Crippen LogP contribution is 2.39. The number of H-pyrrole nitrogens is 2. The second kappa shape index (κ2) is 14.6. The van der Waals surface area contributed by atoms with Crippen LogP contribution in [0.5, 0.6) is 5.75 Å². The molecule has 0 aliphatic carbocycles. The summed E-state index contributed by atoms with van der Waals surface area (Å²) in [5.41, 5.74) is 8.30. The van der Waals surface area contributed by atoms with Gasteiger partial charge in [0.2, 0.25) is 0 Å². The number of nitrogens with zero attached hydrogens (tertiary/aromatic N) is 2. The van der Waals surface area contributed by atoms with E-state index in [0.717, 1.165) is 0 Å². The molecular formula is C44H27N4O10S3-3. The van der Waals surface area contributed by atoms with Gasteiger partial charge in [-0.1, -0.05) is 48.5 Å². The van der Waals surface area contributed by atoms with E-state index in [4.69, 9.17) is 9.97 Å². The summed E-state index contributed by atoms with van der Waals surface area (Å²) < 4.78 is 107. The number of phenolic OH excluding ortho intramolecular Hbond substituents is 1. The van der Waals surface area contributed by atoms with Gasteiger partial charge in [-0.15, -0.1) is 0 Å². The van der Waals surface area contributed by atoms with E-state index in [2.05, 4.69) is 9.97 Å². The molecule has 0 fully saturated rings. The Morgan fingerprint density at radius 3 is 0.820 bits per heavy atom. The summed E-state index contributed by atoms with van der Waals surface area (Å²) >= 11 is 0. The van der Waals surface area contributed by atoms with Gasteiger partial charge in [-0.25, -0.2) is 35.2 Å². The van der Waals surface area contributed by atoms with Gasteiger partial charge in [0.05, 0.1) is 37.5 Å². The summed E-state index contributed by atoms with van der Waals surface area (Å²) in [5, 5.41) is 10.2. The lowest BCUT2D eigenvalue weighted by atomic mass is 10.0. The Hall–Kier alpha value is -6.99. The molecule has 17 heteroatoms. The first-order chi connectivity index (χ1) is 29.0. The van der Waals surface area contributed by atoms with Crippen molar-refractivity contribution in [3.63, 3.8) is 0 Å². The van der Waals surface area contributed by atoms with E-state index in [-0.39, 0.29) is 5.75 Å². The van der Waals surface area contributed by atoms with Crippen molar-refractivity contribution >= 4 is 76.7 Å². The van der Waals surface area contributed by atoms with Crippen molar-refractivity contribution in [1.82, 2.24) is 19.9 Å². The van der Waals surface area contributed by atoms with Crippen LogP contribution in [-0.2, 0) is 30.4 Å². The van der Waals surface area contributed by atoms with Crippen LogP contribution < -0.4 is 0 Å². The maximum Gasteiger partial charge on any atom is 0.124 e. The van der Waals surface area contributed by atoms with Gasteiger partial charge in [-0.05, 0) is 119 Å². The molecule has 5 heterocycles. The first-order valence-electron chi connectivity index (χ1n) is 18.2. The Bertz CT molecular complexity index is 3450. The fourth-order valence-electron chi connectivity index (χ4n) is 7.41. The molecule has 9 rings (SSSR count). The van der Waals surface area contributed by atoms with Gasteiger partial charge in [0.1, 0.15) is 36.1 Å². The van der Waals surface area contributed by atoms with Gasteiger partial charge >= 0.3 is 0 Å². The third-order valence-electron chi connectivity index (χ3n) is 10.2. The van der Waals surface area contributed by atoms with Crippen molar-refractivity contribution in [2.45, 2.75) is 14.7 Å². The number of phenols is 1. The molecule has 0 spiro atoms. The van der Waals surface area contributed by atoms with E-state index in [1.165, 1.54) is 72.8 Å². The molecule has 2 aliphatic rings. The summed E-state index contributed by atoms with van der Waals surface area (Å²) in [5.74, 6) is 0.0439. The Morgan fingerprint density at radius 2 is 0.590 bits per heavy atom. The van der Waals surface area contributed by atoms with Crippen LogP contribution in [0, 0.1) is 0 Å². The monoisotopic (exact) mass is 867 g/mol. The summed E-state index contributed by atoms with van der Waals surface area (Å²) in [4.78, 5) is 15.8. The van der Waals surface area contributed by atoms with Crippen LogP contribution in [-0.4, -0.2) is 64.0 Å². The minimum Gasteiger partial charge on any atom is -0.744 e. The van der Waals surface area contributed by atoms with Crippen LogP contribution in [0.3, 0.4) is 0 Å². The molecule has 61 heavy (non-hydrogen) atoms. The molecule has 0 saturated carbocycles. The van der Waals surface area contributed by atoms with Crippen LogP contribution in [0.4, 0.5) is 0 Å². The zero-order valence-corrected chi connectivity index (χ0v) is 33.5. The fraction of sp³-hybridized carbons (Fsp3) is 0. The molecule has 8 bridgehead atoms. The smallest absolute Gasteiger partial charge is 0.124 e. The van der Waals surface area contributed by atoms with Crippen LogP contribution >= 0.6 is 0 Å². The summed E-state index contributed by atoms with van der Waals surface area (Å²) in [6.45, 7) is 0. The standard InChI is InChI=1S/C44H30N4O10S3/c49-29-9-1-25(2-10-29)41-33-17-19-35(45-33)42(26-3-11-30(12-4-26)59(50,51)52)37-21-23-39(47-37)44(28-7-15-32(16-8-28)61(56,57)58)40-24-22-38(48-40)43(36-20-18-34(41)46-36)27-5-13-31(14-6-27)60(53,54)55/h1-24,45,48-49H,(H,50,51,52)(H,53,54,55)(H,56,57,58)/p-3. The van der Waals surface area contributed by atoms with E-state index in [1.54, 1.807) is 60.7 Å². The number of hydrogen-bond acceptors (Lipinski definition) is 12. The van der Waals surface area contributed by atoms with Gasteiger partial charge in [-0.3, -0.25) is 0 Å². The minimum absolute atomic E-state index is 0.0439. The van der Waals surface area contributed by atoms with Crippen molar-refractivity contribution < 1.29 is 44.0 Å². The van der Waals surface area contributed by atoms with Crippen molar-refractivity contribution in [2.75, 3.05) is 0 Å². The summed E-state index contributed by atoms with van der Waals surface area (Å²) in [7, 11) is -14.3. The SMILES string of the molecule is O=S(=O)([O-])c1ccc(-c2c3nc(c(-c4ccc(S(=O)(=O)[O-])cc4)c4ccc([nH]4)c(-c4ccc(S(=O)(=O)[O-])cc4)c4nc(c(-c5ccc(O)cc5)c5ccc2[nH]5)C=C4)C=C3)cc1. The quantitative estimate of drug-likeness (QED) is 0.130. The van der Waals surface area contributed by atoms with Crippen LogP contribution in [0.2, 0.25) is 0 Å². The minimum atomic E-state index is -4.77. The average molecular weight is 868 g/mol. The van der Waals surface area contributed by atoms with Crippen LogP contribution in [0.1, 0.15) is 22.8 Å². The zero-order chi connectivity index (χ0) is 42.8. The zero-order valence-electron chi connectivity index (χ0n) is 31.1. The lowest BCUT2D eigenvalue weighted by Gasteiger charge is -2.10. The van der Waals surface area contributed by atoms with Gasteiger partial charge in [-0.2, -0.15) is 0 Å². The molecular weight excluding hydrogens is 841 g/mol. The Labute approximate surface area is 348 Å². The van der Waals surface area contributed by atoms with Gasteiger partial charge in [0.15, 0.2) is 0 Å². The first-order valence-corrected chi connectivity index (χ1v) is 22.4. The largest absolute Gasteiger partial charge is 0.744 e. The topological polar surface area (TPSA) is 249 Å². The average Bonchev–Trinajstić information content (AvgIpc) is 4.06. The third kappa shape index (κ3) is 7.57. The molecule has 0 amide bonds. The number of aromatic amines is 2. The number of benzene rings is 4. The van der Waals surface area contributed by atoms with E-state index >= 15 is 0 Å². The second-order valence-corrected chi connectivity index (χ2v) is 18.1. The van der Waals surface area contributed by atoms with E-state index in [9.17, 15) is 44.0 Å². The van der Waals surface area contributed by atoms with Gasteiger partial charge in [0.25, 0.3) is 0 Å². The van der Waals surface area contributed by atoms with Crippen molar-refractivity contribution in [3.8, 4) is 50.3 Å². The number of rotatable bonds is 7. The highest BCUT2D eigenvalue weighted by molar-refractivity contribution is 7.86. The molecule has 3 aromatic heterocycles. The molecule has 2 aliphatic heterocycles. The number of fused-ring (bicyclic) bond motifs is 8. The lowest BCUT2D eigenvalue weighted by Crippen LogP contribution is -1.98. The van der Waals surface area contributed by atoms with E-state index in [0.29, 0.717) is 89.4 Å². The number of aromatic hydroxyl groups is 1. The molecule has 0 atom stereocenters. The number of nitrogens with one attached hydrogen (secondary N) is 2. The predicted molar refractivity (Wildman–Crippen MR) is 226 cm³/mol. The van der Waals surface area contributed by atoms with Crippen molar-refractivity contribution in [2.24, 2.45) is 0 Å². The molecule has 0 unspecified atom stereocenters. The maximum absolute atomic E-state index is 11.9. The molecule has 7 aromatic rings. The summed E-state index contributed by atoms with van der Waals surface area (Å²) in [6, 6.07) is 30.0. The molecule has 304 valence electrons. The Kier molecular flexibility index (Phi) is 9.46. The molecule has 0 saturated heterocycles. The fourth-order valence-corrected chi connectivity index (χ4v) is 8.82. The van der Waals surface area contributed by atoms with Crippen molar-refractivity contribution in [1.29, 1.82) is 0 Å². The second-order valence-electron chi connectivity index (χ2n) is 14.0.